The normalized spacial score (nSPS) is 21.6. The molecule has 1 aromatic carbocycles. The lowest BCUT2D eigenvalue weighted by atomic mass is 10.0. The van der Waals surface area contributed by atoms with Gasteiger partial charge in [0.25, 0.3) is 5.91 Å². The highest BCUT2D eigenvalue weighted by Gasteiger charge is 2.25. The molecule has 0 bridgehead atoms. The number of amides is 1. The molecule has 0 saturated carbocycles. The number of benzene rings is 1. The second kappa shape index (κ2) is 6.82. The molecule has 1 fully saturated rings. The molecule has 2 N–H and O–H groups in total. The first-order valence-electron chi connectivity index (χ1n) is 6.76. The molecule has 2 atom stereocenters. The Morgan fingerprint density at radius 1 is 1.52 bits per heavy atom. The Morgan fingerprint density at radius 2 is 2.29 bits per heavy atom. The molecule has 0 aromatic heterocycles. The topological polar surface area (TPSA) is 53.6 Å². The smallest absolute Gasteiger partial charge is 0.387 e. The van der Waals surface area contributed by atoms with Gasteiger partial charge in [0, 0.05) is 37.7 Å². The summed E-state index contributed by atoms with van der Waals surface area (Å²) < 4.78 is 28.7. The van der Waals surface area contributed by atoms with Gasteiger partial charge in [-0.25, -0.2) is 0 Å². The Hall–Kier alpha value is -1.73. The van der Waals surface area contributed by atoms with Crippen molar-refractivity contribution in [2.24, 2.45) is 5.92 Å². The third kappa shape index (κ3) is 4.12. The molecule has 2 rings (SSSR count). The van der Waals surface area contributed by atoms with Crippen LogP contribution < -0.4 is 15.6 Å². The minimum Gasteiger partial charge on any atom is -0.435 e. The fraction of sp³-hybridized carbons (Fsp3) is 0.500. The predicted octanol–water partition coefficient (Wildman–Crippen LogP) is 1.47. The summed E-state index contributed by atoms with van der Waals surface area (Å²) in [6.07, 6.45) is 0. The molecule has 116 valence electrons. The number of hydrogen-bond acceptors (Lipinski definition) is 4. The van der Waals surface area contributed by atoms with Gasteiger partial charge < -0.3 is 9.64 Å². The Morgan fingerprint density at radius 3 is 2.90 bits per heavy atom. The van der Waals surface area contributed by atoms with Crippen molar-refractivity contribution in [1.82, 2.24) is 15.8 Å². The van der Waals surface area contributed by atoms with Crippen molar-refractivity contribution in [3.8, 4) is 5.75 Å². The Balaban J connectivity index is 2.01. The Bertz CT molecular complexity index is 499. The molecule has 1 saturated heterocycles. The van der Waals surface area contributed by atoms with Crippen molar-refractivity contribution in [2.75, 3.05) is 20.1 Å². The number of nitrogens with one attached hydrogen (secondary N) is 2. The number of carbonyl (C=O) groups excluding carboxylic acids is 1. The lowest BCUT2D eigenvalue weighted by Crippen LogP contribution is -2.36. The number of hydrogen-bond donors (Lipinski definition) is 2. The molecule has 1 aliphatic heterocycles. The Kier molecular flexibility index (Phi) is 5.08. The number of carbonyl (C=O) groups is 1. The molecule has 2 unspecified atom stereocenters. The SMILES string of the molecule is CC1NNCC1CN(C)C(=O)c1cccc(OC(F)F)c1. The summed E-state index contributed by atoms with van der Waals surface area (Å²) >= 11 is 0. The summed E-state index contributed by atoms with van der Waals surface area (Å²) in [5, 5.41) is 0. The van der Waals surface area contributed by atoms with Gasteiger partial charge in [-0.1, -0.05) is 6.07 Å². The number of alkyl halides is 2. The lowest BCUT2D eigenvalue weighted by Gasteiger charge is -2.23. The van der Waals surface area contributed by atoms with Gasteiger partial charge in [-0.2, -0.15) is 8.78 Å². The number of nitrogens with zero attached hydrogens (tertiary/aromatic N) is 1. The van der Waals surface area contributed by atoms with E-state index in [0.29, 0.717) is 18.0 Å². The van der Waals surface area contributed by atoms with Gasteiger partial charge in [0.1, 0.15) is 5.75 Å². The summed E-state index contributed by atoms with van der Waals surface area (Å²) in [6.45, 7) is 0.512. The van der Waals surface area contributed by atoms with E-state index in [9.17, 15) is 13.6 Å². The first-order valence-corrected chi connectivity index (χ1v) is 6.76. The van der Waals surface area contributed by atoms with Crippen LogP contribution >= 0.6 is 0 Å². The zero-order valence-corrected chi connectivity index (χ0v) is 12.0. The van der Waals surface area contributed by atoms with Gasteiger partial charge in [0.05, 0.1) is 0 Å². The third-order valence-corrected chi connectivity index (χ3v) is 3.56. The molecular formula is C14H19F2N3O2. The summed E-state index contributed by atoms with van der Waals surface area (Å²) in [4.78, 5) is 13.9. The highest BCUT2D eigenvalue weighted by molar-refractivity contribution is 5.94. The van der Waals surface area contributed by atoms with Gasteiger partial charge in [-0.15, -0.1) is 0 Å². The van der Waals surface area contributed by atoms with E-state index in [1.165, 1.54) is 18.2 Å². The second-order valence-electron chi connectivity index (χ2n) is 5.17. The van der Waals surface area contributed by atoms with Gasteiger partial charge in [-0.3, -0.25) is 15.6 Å². The van der Waals surface area contributed by atoms with E-state index in [1.807, 2.05) is 6.92 Å². The minimum absolute atomic E-state index is 0.0122. The van der Waals surface area contributed by atoms with Crippen molar-refractivity contribution in [3.05, 3.63) is 29.8 Å². The van der Waals surface area contributed by atoms with E-state index < -0.39 is 6.61 Å². The number of ether oxygens (including phenoxy) is 1. The molecule has 5 nitrogen and oxygen atoms in total. The van der Waals surface area contributed by atoms with E-state index >= 15 is 0 Å². The van der Waals surface area contributed by atoms with E-state index in [4.69, 9.17) is 0 Å². The monoisotopic (exact) mass is 299 g/mol. The van der Waals surface area contributed by atoms with Gasteiger partial charge in [-0.05, 0) is 25.1 Å². The molecule has 21 heavy (non-hydrogen) atoms. The molecule has 1 heterocycles. The van der Waals surface area contributed by atoms with Crippen LogP contribution in [0.3, 0.4) is 0 Å². The van der Waals surface area contributed by atoms with Crippen LogP contribution in [0.2, 0.25) is 0 Å². The van der Waals surface area contributed by atoms with Crippen molar-refractivity contribution < 1.29 is 18.3 Å². The number of halogens is 2. The van der Waals surface area contributed by atoms with Crippen molar-refractivity contribution in [3.63, 3.8) is 0 Å². The maximum absolute atomic E-state index is 12.3. The molecule has 1 aliphatic rings. The first-order chi connectivity index (χ1) is 9.97. The average Bonchev–Trinajstić information content (AvgIpc) is 2.83. The highest BCUT2D eigenvalue weighted by Crippen LogP contribution is 2.18. The second-order valence-corrected chi connectivity index (χ2v) is 5.17. The maximum atomic E-state index is 12.3. The average molecular weight is 299 g/mol. The maximum Gasteiger partial charge on any atom is 0.387 e. The molecule has 1 amide bonds. The quantitative estimate of drug-likeness (QED) is 0.864. The van der Waals surface area contributed by atoms with Gasteiger partial charge >= 0.3 is 6.61 Å². The van der Waals surface area contributed by atoms with E-state index in [1.54, 1.807) is 18.0 Å². The van der Waals surface area contributed by atoms with E-state index in [0.717, 1.165) is 6.54 Å². The Labute approximate surface area is 122 Å². The number of hydrazine groups is 1. The first kappa shape index (κ1) is 15.7. The summed E-state index contributed by atoms with van der Waals surface area (Å²) in [6, 6.07) is 6.12. The van der Waals surface area contributed by atoms with Crippen LogP contribution in [0.15, 0.2) is 24.3 Å². The van der Waals surface area contributed by atoms with Gasteiger partial charge in [0.15, 0.2) is 0 Å². The summed E-state index contributed by atoms with van der Waals surface area (Å²) in [5.41, 5.74) is 6.47. The van der Waals surface area contributed by atoms with Crippen molar-refractivity contribution in [1.29, 1.82) is 0 Å². The van der Waals surface area contributed by atoms with Crippen LogP contribution in [-0.2, 0) is 0 Å². The zero-order valence-electron chi connectivity index (χ0n) is 12.0. The fourth-order valence-corrected chi connectivity index (χ4v) is 2.33. The summed E-state index contributed by atoms with van der Waals surface area (Å²) in [7, 11) is 1.70. The van der Waals surface area contributed by atoms with Crippen molar-refractivity contribution >= 4 is 5.91 Å². The predicted molar refractivity (Wildman–Crippen MR) is 74.1 cm³/mol. The summed E-state index contributed by atoms with van der Waals surface area (Å²) in [5.74, 6) is 0.0788. The van der Waals surface area contributed by atoms with Gasteiger partial charge in [0.2, 0.25) is 0 Å². The highest BCUT2D eigenvalue weighted by atomic mass is 19.3. The zero-order chi connectivity index (χ0) is 15.4. The molecule has 1 aromatic rings. The van der Waals surface area contributed by atoms with E-state index in [-0.39, 0.29) is 17.7 Å². The van der Waals surface area contributed by atoms with Crippen LogP contribution in [0, 0.1) is 5.92 Å². The molecule has 7 heteroatoms. The van der Waals surface area contributed by atoms with Crippen LogP contribution in [0.4, 0.5) is 8.78 Å². The van der Waals surface area contributed by atoms with Crippen LogP contribution in [0.1, 0.15) is 17.3 Å². The molecular weight excluding hydrogens is 280 g/mol. The molecule has 0 spiro atoms. The van der Waals surface area contributed by atoms with Crippen LogP contribution in [0.25, 0.3) is 0 Å². The largest absolute Gasteiger partial charge is 0.435 e. The van der Waals surface area contributed by atoms with Crippen LogP contribution in [-0.4, -0.2) is 43.6 Å². The van der Waals surface area contributed by atoms with E-state index in [2.05, 4.69) is 15.6 Å². The van der Waals surface area contributed by atoms with Crippen LogP contribution in [0.5, 0.6) is 5.75 Å². The lowest BCUT2D eigenvalue weighted by molar-refractivity contribution is -0.0499. The minimum atomic E-state index is -2.90. The van der Waals surface area contributed by atoms with Crippen molar-refractivity contribution in [2.45, 2.75) is 19.6 Å². The molecule has 0 aliphatic carbocycles. The molecule has 0 radical (unpaired) electrons. The fourth-order valence-electron chi connectivity index (χ4n) is 2.33. The standard InChI is InChI=1S/C14H19F2N3O2/c1-9-11(7-17-18-9)8-19(2)13(20)10-4-3-5-12(6-10)21-14(15)16/h3-6,9,11,14,17-18H,7-8H2,1-2H3. The third-order valence-electron chi connectivity index (χ3n) is 3.56. The number of rotatable bonds is 5.